The van der Waals surface area contributed by atoms with Crippen LogP contribution in [0.4, 0.5) is 0 Å². The average molecular weight is 318 g/mol. The van der Waals surface area contributed by atoms with Crippen LogP contribution in [0.3, 0.4) is 0 Å². The van der Waals surface area contributed by atoms with Crippen molar-refractivity contribution < 1.29 is 28.2 Å². The first kappa shape index (κ1) is 17.4. The number of carboxylic acids is 1. The number of ether oxygens (including phenoxy) is 1. The van der Waals surface area contributed by atoms with Crippen LogP contribution in [0, 0.1) is 0 Å². The second kappa shape index (κ2) is 7.36. The van der Waals surface area contributed by atoms with Gasteiger partial charge in [0.2, 0.25) is 0 Å². The standard InChI is InChI=1S/C12H18N2O6S/c1-14(7-9-4-3-5-10(6-9)20-2)21(18,19)13-11(8-15)12(16)17/h3-6,11,13,15H,7-8H2,1-2H3,(H,16,17)/t11-/m1/s1. The maximum absolute atomic E-state index is 12.0. The number of methoxy groups -OCH3 is 1. The summed E-state index contributed by atoms with van der Waals surface area (Å²) < 4.78 is 31.8. The Labute approximate surface area is 123 Å². The Morgan fingerprint density at radius 3 is 2.67 bits per heavy atom. The third kappa shape index (κ3) is 4.97. The highest BCUT2D eigenvalue weighted by molar-refractivity contribution is 7.87. The van der Waals surface area contributed by atoms with Crippen LogP contribution in [-0.2, 0) is 21.5 Å². The van der Waals surface area contributed by atoms with Crippen LogP contribution in [-0.4, -0.2) is 55.7 Å². The summed E-state index contributed by atoms with van der Waals surface area (Å²) in [6.07, 6.45) is 0. The number of aliphatic hydroxyl groups is 1. The van der Waals surface area contributed by atoms with E-state index in [0.717, 1.165) is 4.31 Å². The lowest BCUT2D eigenvalue weighted by molar-refractivity contribution is -0.139. The van der Waals surface area contributed by atoms with Crippen LogP contribution in [0.5, 0.6) is 5.75 Å². The van der Waals surface area contributed by atoms with E-state index in [0.29, 0.717) is 11.3 Å². The predicted octanol–water partition coefficient (Wildman–Crippen LogP) is -0.593. The number of nitrogens with zero attached hydrogens (tertiary/aromatic N) is 1. The molecule has 0 aliphatic rings. The van der Waals surface area contributed by atoms with E-state index in [9.17, 15) is 13.2 Å². The minimum absolute atomic E-state index is 0.0320. The van der Waals surface area contributed by atoms with E-state index < -0.39 is 28.8 Å². The van der Waals surface area contributed by atoms with E-state index >= 15 is 0 Å². The van der Waals surface area contributed by atoms with Gasteiger partial charge in [-0.05, 0) is 17.7 Å². The van der Waals surface area contributed by atoms with Gasteiger partial charge in [-0.15, -0.1) is 0 Å². The van der Waals surface area contributed by atoms with Gasteiger partial charge in [-0.1, -0.05) is 12.1 Å². The van der Waals surface area contributed by atoms with Crippen molar-refractivity contribution in [2.45, 2.75) is 12.6 Å². The predicted molar refractivity (Wildman–Crippen MR) is 75.0 cm³/mol. The molecule has 8 nitrogen and oxygen atoms in total. The molecule has 0 saturated heterocycles. The largest absolute Gasteiger partial charge is 0.497 e. The highest BCUT2D eigenvalue weighted by Gasteiger charge is 2.26. The van der Waals surface area contributed by atoms with Gasteiger partial charge < -0.3 is 14.9 Å². The lowest BCUT2D eigenvalue weighted by atomic mass is 10.2. The summed E-state index contributed by atoms with van der Waals surface area (Å²) >= 11 is 0. The number of rotatable bonds is 8. The van der Waals surface area contributed by atoms with Gasteiger partial charge in [0, 0.05) is 13.6 Å². The first-order valence-electron chi connectivity index (χ1n) is 6.00. The third-order valence-corrected chi connectivity index (χ3v) is 4.25. The lowest BCUT2D eigenvalue weighted by Gasteiger charge is -2.20. The number of aliphatic hydroxyl groups excluding tert-OH is 1. The van der Waals surface area contributed by atoms with Crippen molar-refractivity contribution in [1.29, 1.82) is 0 Å². The van der Waals surface area contributed by atoms with E-state index in [2.05, 4.69) is 0 Å². The molecule has 1 aromatic rings. The van der Waals surface area contributed by atoms with Gasteiger partial charge >= 0.3 is 5.97 Å². The van der Waals surface area contributed by atoms with Crippen molar-refractivity contribution in [2.24, 2.45) is 0 Å². The van der Waals surface area contributed by atoms with Crippen LogP contribution in [0.1, 0.15) is 5.56 Å². The van der Waals surface area contributed by atoms with Gasteiger partial charge in [0.1, 0.15) is 11.8 Å². The van der Waals surface area contributed by atoms with Crippen LogP contribution >= 0.6 is 0 Å². The summed E-state index contributed by atoms with van der Waals surface area (Å²) in [4.78, 5) is 10.8. The van der Waals surface area contributed by atoms with Gasteiger partial charge in [-0.2, -0.15) is 17.4 Å². The van der Waals surface area contributed by atoms with Gasteiger partial charge in [-0.3, -0.25) is 4.79 Å². The molecule has 0 fully saturated rings. The van der Waals surface area contributed by atoms with Crippen LogP contribution < -0.4 is 9.46 Å². The molecule has 9 heteroatoms. The summed E-state index contributed by atoms with van der Waals surface area (Å²) in [5.74, 6) is -0.860. The molecule has 0 aliphatic carbocycles. The Morgan fingerprint density at radius 1 is 1.48 bits per heavy atom. The fourth-order valence-electron chi connectivity index (χ4n) is 1.55. The fourth-order valence-corrected chi connectivity index (χ4v) is 2.58. The first-order chi connectivity index (χ1) is 9.80. The quantitative estimate of drug-likeness (QED) is 0.590. The average Bonchev–Trinajstić information content (AvgIpc) is 2.44. The number of benzene rings is 1. The number of carbonyl (C=O) groups is 1. The van der Waals surface area contributed by atoms with Crippen molar-refractivity contribution in [3.8, 4) is 5.75 Å². The zero-order valence-electron chi connectivity index (χ0n) is 11.7. The van der Waals surface area contributed by atoms with E-state index in [1.165, 1.54) is 14.2 Å². The zero-order chi connectivity index (χ0) is 16.0. The van der Waals surface area contributed by atoms with Crippen LogP contribution in [0.2, 0.25) is 0 Å². The fraction of sp³-hybridized carbons (Fsp3) is 0.417. The zero-order valence-corrected chi connectivity index (χ0v) is 12.5. The first-order valence-corrected chi connectivity index (χ1v) is 7.44. The second-order valence-electron chi connectivity index (χ2n) is 4.30. The van der Waals surface area contributed by atoms with E-state index in [1.54, 1.807) is 24.3 Å². The van der Waals surface area contributed by atoms with Gasteiger partial charge in [0.05, 0.1) is 13.7 Å². The summed E-state index contributed by atoms with van der Waals surface area (Å²) in [6, 6.07) is 5.25. The Balaban J connectivity index is 2.81. The Kier molecular flexibility index (Phi) is 6.09. The molecule has 0 aromatic heterocycles. The summed E-state index contributed by atoms with van der Waals surface area (Å²) in [5.41, 5.74) is 0.679. The smallest absolute Gasteiger partial charge is 0.324 e. The summed E-state index contributed by atoms with van der Waals surface area (Å²) in [6.45, 7) is -0.800. The number of hydrogen-bond donors (Lipinski definition) is 3. The third-order valence-electron chi connectivity index (χ3n) is 2.72. The monoisotopic (exact) mass is 318 g/mol. The Bertz CT molecular complexity index is 589. The molecule has 1 aromatic carbocycles. The van der Waals surface area contributed by atoms with E-state index in [-0.39, 0.29) is 6.54 Å². The summed E-state index contributed by atoms with van der Waals surface area (Å²) in [7, 11) is -1.23. The molecular weight excluding hydrogens is 300 g/mol. The van der Waals surface area contributed by atoms with Crippen molar-refractivity contribution in [3.05, 3.63) is 29.8 Å². The molecule has 0 saturated carbocycles. The van der Waals surface area contributed by atoms with Crippen molar-refractivity contribution >= 4 is 16.2 Å². The van der Waals surface area contributed by atoms with E-state index in [1.807, 2.05) is 4.72 Å². The van der Waals surface area contributed by atoms with Crippen LogP contribution in [0.15, 0.2) is 24.3 Å². The number of carboxylic acid groups (broad SMARTS) is 1. The molecule has 0 spiro atoms. The Hall–Kier alpha value is -1.68. The van der Waals surface area contributed by atoms with Gasteiger partial charge in [0.25, 0.3) is 10.2 Å². The van der Waals surface area contributed by atoms with Gasteiger partial charge in [-0.25, -0.2) is 0 Å². The molecule has 0 amide bonds. The molecule has 0 unspecified atom stereocenters. The molecule has 0 aliphatic heterocycles. The van der Waals surface area contributed by atoms with Crippen molar-refractivity contribution in [1.82, 2.24) is 9.03 Å². The normalized spacial score (nSPS) is 13.1. The molecule has 1 atom stereocenters. The molecule has 0 heterocycles. The molecule has 3 N–H and O–H groups in total. The van der Waals surface area contributed by atoms with Crippen LogP contribution in [0.25, 0.3) is 0 Å². The molecule has 21 heavy (non-hydrogen) atoms. The van der Waals surface area contributed by atoms with Crippen molar-refractivity contribution in [2.75, 3.05) is 20.8 Å². The maximum atomic E-state index is 12.0. The van der Waals surface area contributed by atoms with Crippen molar-refractivity contribution in [3.63, 3.8) is 0 Å². The summed E-state index contributed by atoms with van der Waals surface area (Å²) in [5, 5.41) is 17.6. The number of aliphatic carboxylic acids is 1. The SMILES string of the molecule is COc1cccc(CN(C)S(=O)(=O)N[C@H](CO)C(=O)O)c1. The minimum Gasteiger partial charge on any atom is -0.497 e. The highest BCUT2D eigenvalue weighted by Crippen LogP contribution is 2.14. The van der Waals surface area contributed by atoms with Gasteiger partial charge in [0.15, 0.2) is 0 Å². The molecule has 118 valence electrons. The number of nitrogens with one attached hydrogen (secondary N) is 1. The molecule has 1 rings (SSSR count). The maximum Gasteiger partial charge on any atom is 0.324 e. The minimum atomic E-state index is -4.03. The lowest BCUT2D eigenvalue weighted by Crippen LogP contribution is -2.48. The Morgan fingerprint density at radius 2 is 2.14 bits per heavy atom. The highest BCUT2D eigenvalue weighted by atomic mass is 32.2. The molecule has 0 radical (unpaired) electrons. The molecular formula is C12H18N2O6S. The second-order valence-corrected chi connectivity index (χ2v) is 6.11. The number of hydrogen-bond acceptors (Lipinski definition) is 5. The van der Waals surface area contributed by atoms with E-state index in [4.69, 9.17) is 14.9 Å². The molecule has 0 bridgehead atoms. The topological polar surface area (TPSA) is 116 Å².